The van der Waals surface area contributed by atoms with Gasteiger partial charge in [0, 0.05) is 106 Å². The number of aromatic nitrogens is 6. The zero-order valence-electron chi connectivity index (χ0n) is 46.8. The highest BCUT2D eigenvalue weighted by molar-refractivity contribution is 6.09. The third-order valence-electron chi connectivity index (χ3n) is 12.5. The van der Waals surface area contributed by atoms with E-state index in [1.165, 1.54) is 54.9 Å². The molecule has 6 aromatic rings. The van der Waals surface area contributed by atoms with E-state index in [0.29, 0.717) is 47.2 Å². The molecule has 27 heteroatoms. The minimum absolute atomic E-state index is 0.0499. The van der Waals surface area contributed by atoms with Crippen LogP contribution in [0.15, 0.2) is 73.6 Å². The first-order valence-electron chi connectivity index (χ1n) is 25.6. The number of carbonyl (C=O) groups is 9. The highest BCUT2D eigenvalue weighted by Crippen LogP contribution is 2.22. The molecule has 6 heterocycles. The average molecular weight is 1110 g/mol. The zero-order chi connectivity index (χ0) is 58.5. The molecular formula is C53H72N18O9. The Morgan fingerprint density at radius 2 is 0.650 bits per heavy atom. The van der Waals surface area contributed by atoms with E-state index in [1.54, 1.807) is 88.3 Å². The van der Waals surface area contributed by atoms with E-state index in [4.69, 9.17) is 5.73 Å². The Morgan fingerprint density at radius 3 is 0.900 bits per heavy atom. The molecule has 428 valence electrons. The van der Waals surface area contributed by atoms with Crippen LogP contribution in [0.2, 0.25) is 0 Å². The number of hydrogen-bond donors (Lipinski definition) is 9. The number of rotatable bonds is 26. The third kappa shape index (κ3) is 16.2. The summed E-state index contributed by atoms with van der Waals surface area (Å²) in [4.78, 5) is 124. The summed E-state index contributed by atoms with van der Waals surface area (Å²) in [6.45, 7) is 1.49. The van der Waals surface area contributed by atoms with Crippen LogP contribution in [0.25, 0.3) is 0 Å². The van der Waals surface area contributed by atoms with E-state index in [9.17, 15) is 43.2 Å². The van der Waals surface area contributed by atoms with Crippen molar-refractivity contribution >= 4 is 87.3 Å². The third-order valence-corrected chi connectivity index (χ3v) is 12.5. The molecule has 0 saturated carbocycles. The summed E-state index contributed by atoms with van der Waals surface area (Å²) in [5.74, 6) is -4.54. The lowest BCUT2D eigenvalue weighted by Crippen LogP contribution is -2.43. The minimum Gasteiger partial charge on any atom is -0.351 e. The van der Waals surface area contributed by atoms with Gasteiger partial charge in [-0.1, -0.05) is 0 Å². The van der Waals surface area contributed by atoms with E-state index < -0.39 is 54.4 Å². The number of nitrogens with one attached hydrogen (secondary N) is 8. The Balaban J connectivity index is 0.997. The van der Waals surface area contributed by atoms with Gasteiger partial charge in [0.15, 0.2) is 0 Å². The molecule has 10 N–H and O–H groups in total. The zero-order valence-corrected chi connectivity index (χ0v) is 46.8. The van der Waals surface area contributed by atoms with Crippen molar-refractivity contribution in [2.45, 2.75) is 19.3 Å². The molecule has 9 amide bonds. The van der Waals surface area contributed by atoms with E-state index in [1.807, 2.05) is 38.0 Å². The highest BCUT2D eigenvalue weighted by atomic mass is 16.2. The molecule has 0 aliphatic rings. The quantitative estimate of drug-likeness (QED) is 0.0352. The normalized spacial score (nSPS) is 11.1. The Labute approximate surface area is 462 Å². The van der Waals surface area contributed by atoms with Crippen molar-refractivity contribution in [1.29, 1.82) is 0 Å². The number of nitrogens with zero attached hydrogens (tertiary/aromatic N) is 9. The van der Waals surface area contributed by atoms with Crippen LogP contribution in [0.3, 0.4) is 0 Å². The maximum Gasteiger partial charge on any atom is 0.272 e. The van der Waals surface area contributed by atoms with Gasteiger partial charge in [-0.05, 0) is 90.5 Å². The van der Waals surface area contributed by atoms with Crippen molar-refractivity contribution in [3.8, 4) is 0 Å². The smallest absolute Gasteiger partial charge is 0.272 e. The van der Waals surface area contributed by atoms with Crippen molar-refractivity contribution in [2.24, 2.45) is 48.0 Å². The van der Waals surface area contributed by atoms with E-state index in [-0.39, 0.29) is 58.9 Å². The first kappa shape index (κ1) is 60.0. The van der Waals surface area contributed by atoms with Crippen molar-refractivity contribution in [2.75, 3.05) is 106 Å². The second-order valence-corrected chi connectivity index (χ2v) is 19.9. The minimum atomic E-state index is -0.675. The predicted octanol–water partition coefficient (Wildman–Crippen LogP) is 1.84. The molecule has 0 atom stereocenters. The van der Waals surface area contributed by atoms with Crippen LogP contribution in [0, 0.1) is 0 Å². The summed E-state index contributed by atoms with van der Waals surface area (Å²) < 4.78 is 9.25. The van der Waals surface area contributed by atoms with Crippen LogP contribution in [0.1, 0.15) is 82.2 Å². The predicted molar refractivity (Wildman–Crippen MR) is 303 cm³/mol. The van der Waals surface area contributed by atoms with Crippen LogP contribution < -0.4 is 48.3 Å². The highest BCUT2D eigenvalue weighted by Gasteiger charge is 2.24. The van der Waals surface area contributed by atoms with Gasteiger partial charge in [-0.2, -0.15) is 0 Å². The molecule has 0 aromatic carbocycles. The lowest BCUT2D eigenvalue weighted by atomic mass is 10.3. The molecule has 27 nitrogen and oxygen atoms in total. The van der Waals surface area contributed by atoms with E-state index in [0.717, 1.165) is 30.8 Å². The molecule has 0 bridgehead atoms. The van der Waals surface area contributed by atoms with Crippen molar-refractivity contribution in [1.82, 2.24) is 52.7 Å². The maximum atomic E-state index is 13.5. The van der Waals surface area contributed by atoms with E-state index >= 15 is 0 Å². The fourth-order valence-corrected chi connectivity index (χ4v) is 8.57. The Bertz CT molecular complexity index is 3070. The second kappa shape index (κ2) is 26.9. The molecular weight excluding hydrogens is 1030 g/mol. The molecule has 0 fully saturated rings. The SMILES string of the molecule is CN(C)CCCNC(=O)c1cc(NC(=O)c2cc(NC(=O)c3cc(NC(=O)CN(CC(=O)Nc4cc(C(=O)Nc5cc(C(=O)Nc6cc(C(=O)NCCCN(C)C)n(C)c6)n(C)c5)n(C)c4)C(=O)CCN)cn3C)cn2C)cn1C. The number of carbonyl (C=O) groups excluding carboxylic acids is 9. The van der Waals surface area contributed by atoms with E-state index in [2.05, 4.69) is 42.5 Å². The van der Waals surface area contributed by atoms with Gasteiger partial charge < -0.3 is 90.4 Å². The maximum absolute atomic E-state index is 13.5. The molecule has 0 aliphatic heterocycles. The molecule has 0 spiro atoms. The Kier molecular flexibility index (Phi) is 20.2. The van der Waals surface area contributed by atoms with Crippen molar-refractivity contribution < 1.29 is 43.2 Å². The number of nitrogens with two attached hydrogens (primary N) is 1. The lowest BCUT2D eigenvalue weighted by molar-refractivity contribution is -0.137. The van der Waals surface area contributed by atoms with Gasteiger partial charge in [-0.3, -0.25) is 43.2 Å². The number of anilines is 6. The topological polar surface area (TPSA) is 315 Å². The van der Waals surface area contributed by atoms with Crippen molar-refractivity contribution in [3.63, 3.8) is 0 Å². The molecule has 0 saturated heterocycles. The summed E-state index contributed by atoms with van der Waals surface area (Å²) >= 11 is 0. The summed E-state index contributed by atoms with van der Waals surface area (Å²) in [7, 11) is 17.7. The average Bonchev–Trinajstić information content (AvgIpc) is 4.25. The van der Waals surface area contributed by atoms with Gasteiger partial charge in [-0.25, -0.2) is 0 Å². The number of amides is 9. The summed E-state index contributed by atoms with van der Waals surface area (Å²) in [6, 6.07) is 8.98. The standard InChI is InChI=1S/C53H72N18O9/c1-63(2)17-11-15-55-48(75)39-21-35(27-65(39)5)59-52(79)43-23-37(29-69(43)9)61-50(77)41-19-33(25-67(41)7)57-45(72)31-71(47(74)13-14-54)32-46(73)58-34-20-42(68(8)26-34)51(78)62-38-24-44(70(10)30-38)53(80)60-36-22-40(66(6)28-36)49(76)56-16-12-18-64(3)4/h19-30H,11-18,31-32,54H2,1-10H3,(H,55,75)(H,56,76)(H,57,72)(H,58,73)(H,59,79)(H,60,80)(H,61,77)(H,62,78). The first-order valence-corrected chi connectivity index (χ1v) is 25.6. The molecule has 6 aromatic heterocycles. The number of aryl methyl sites for hydroxylation is 6. The fraction of sp³-hybridized carbons (Fsp3) is 0.377. The summed E-state index contributed by atoms with van der Waals surface area (Å²) in [6.07, 6.45) is 10.7. The van der Waals surface area contributed by atoms with Crippen LogP contribution in [0.4, 0.5) is 34.1 Å². The summed E-state index contributed by atoms with van der Waals surface area (Å²) in [5, 5.41) is 22.2. The largest absolute Gasteiger partial charge is 0.351 e. The molecule has 0 unspecified atom stereocenters. The molecule has 6 rings (SSSR count). The van der Waals surface area contributed by atoms with Crippen LogP contribution in [-0.4, -0.2) is 169 Å². The molecule has 0 radical (unpaired) electrons. The van der Waals surface area contributed by atoms with Crippen LogP contribution in [0.5, 0.6) is 0 Å². The Hall–Kier alpha value is -9.21. The van der Waals surface area contributed by atoms with Gasteiger partial charge in [0.25, 0.3) is 35.4 Å². The molecule has 0 aliphatic carbocycles. The van der Waals surface area contributed by atoms with Gasteiger partial charge >= 0.3 is 0 Å². The monoisotopic (exact) mass is 1100 g/mol. The second-order valence-electron chi connectivity index (χ2n) is 19.9. The van der Waals surface area contributed by atoms with Crippen LogP contribution >= 0.6 is 0 Å². The van der Waals surface area contributed by atoms with Gasteiger partial charge in [-0.15, -0.1) is 0 Å². The fourth-order valence-electron chi connectivity index (χ4n) is 8.57. The van der Waals surface area contributed by atoms with Gasteiger partial charge in [0.2, 0.25) is 17.7 Å². The summed E-state index contributed by atoms with van der Waals surface area (Å²) in [5.41, 5.74) is 8.99. The lowest BCUT2D eigenvalue weighted by Gasteiger charge is -2.21. The van der Waals surface area contributed by atoms with Gasteiger partial charge in [0.05, 0.1) is 34.1 Å². The van der Waals surface area contributed by atoms with Crippen LogP contribution in [-0.2, 0) is 56.7 Å². The number of hydrogen-bond acceptors (Lipinski definition) is 12. The molecule has 80 heavy (non-hydrogen) atoms. The first-order chi connectivity index (χ1) is 37.9. The van der Waals surface area contributed by atoms with Gasteiger partial charge in [0.1, 0.15) is 47.3 Å². The Morgan fingerprint density at radius 1 is 0.400 bits per heavy atom. The van der Waals surface area contributed by atoms with Crippen molar-refractivity contribution in [3.05, 3.63) is 108 Å².